The fraction of sp³-hybridized carbons (Fsp3) is 0.476. The molecule has 3 heteroatoms. The van der Waals surface area contributed by atoms with Crippen LogP contribution in [0.1, 0.15) is 39.2 Å². The number of aliphatic imine (C=N–C) groups is 1. The average Bonchev–Trinajstić information content (AvgIpc) is 2.61. The molecule has 0 saturated carbocycles. The van der Waals surface area contributed by atoms with Crippen LogP contribution in [0.4, 0.5) is 5.69 Å². The average molecular weight is 329 g/mol. The molecule has 132 valence electrons. The van der Waals surface area contributed by atoms with Crippen molar-refractivity contribution in [2.75, 3.05) is 31.2 Å². The van der Waals surface area contributed by atoms with Gasteiger partial charge in [-0.25, -0.2) is 0 Å². The lowest BCUT2D eigenvalue weighted by Gasteiger charge is -2.29. The number of benzene rings is 1. The quantitative estimate of drug-likeness (QED) is 0.557. The van der Waals surface area contributed by atoms with E-state index in [0.29, 0.717) is 11.8 Å². The molecule has 1 fully saturated rings. The third kappa shape index (κ3) is 6.71. The molecule has 2 rings (SSSR count). The van der Waals surface area contributed by atoms with E-state index in [-0.39, 0.29) is 0 Å². The Bertz CT molecular complexity index is 523. The van der Waals surface area contributed by atoms with E-state index in [1.807, 2.05) is 6.08 Å². The maximum atomic E-state index is 5.34. The first kappa shape index (κ1) is 20.2. The van der Waals surface area contributed by atoms with Gasteiger partial charge in [-0.3, -0.25) is 4.99 Å². The largest absolute Gasteiger partial charge is 0.378 e. The zero-order valence-electron chi connectivity index (χ0n) is 15.7. The topological polar surface area (TPSA) is 24.8 Å². The Morgan fingerprint density at radius 3 is 2.08 bits per heavy atom. The van der Waals surface area contributed by atoms with E-state index in [0.717, 1.165) is 32.0 Å². The van der Waals surface area contributed by atoms with Gasteiger partial charge >= 0.3 is 0 Å². The number of nitrogens with zero attached hydrogens (tertiary/aromatic N) is 2. The molecule has 0 radical (unpaired) electrons. The second kappa shape index (κ2) is 10.8. The van der Waals surface area contributed by atoms with E-state index < -0.39 is 0 Å². The standard InChI is InChI=1S/C13H19NO.C8H13N/c1-11(2)12-3-5-13(6-4-12)14-7-9-15-10-8-14;1-5-6-8(9-4)7(2)3/h3-6,11H,7-10H2,1-2H3;5-7H,1,4H2,2-3H3/b;8-6-. The molecule has 0 aliphatic carbocycles. The van der Waals surface area contributed by atoms with Crippen molar-refractivity contribution >= 4 is 12.4 Å². The Morgan fingerprint density at radius 2 is 1.71 bits per heavy atom. The Hall–Kier alpha value is -1.87. The van der Waals surface area contributed by atoms with Crippen LogP contribution in [0.15, 0.2) is 53.7 Å². The van der Waals surface area contributed by atoms with Gasteiger partial charge in [0, 0.05) is 24.5 Å². The minimum atomic E-state index is 0.445. The van der Waals surface area contributed by atoms with Crippen molar-refractivity contribution in [3.8, 4) is 0 Å². The van der Waals surface area contributed by atoms with Crippen LogP contribution < -0.4 is 4.90 Å². The molecule has 1 saturated heterocycles. The van der Waals surface area contributed by atoms with Gasteiger partial charge in [-0.2, -0.15) is 0 Å². The summed E-state index contributed by atoms with van der Waals surface area (Å²) in [5.41, 5.74) is 3.72. The second-order valence-electron chi connectivity index (χ2n) is 6.49. The van der Waals surface area contributed by atoms with Crippen molar-refractivity contribution in [2.24, 2.45) is 10.9 Å². The molecule has 0 atom stereocenters. The van der Waals surface area contributed by atoms with Gasteiger partial charge in [0.05, 0.1) is 13.2 Å². The molecule has 1 aliphatic rings. The maximum Gasteiger partial charge on any atom is 0.0642 e. The van der Waals surface area contributed by atoms with Gasteiger partial charge in [0.25, 0.3) is 0 Å². The minimum Gasteiger partial charge on any atom is -0.378 e. The number of allylic oxidation sites excluding steroid dienone is 3. The van der Waals surface area contributed by atoms with Crippen molar-refractivity contribution in [1.29, 1.82) is 0 Å². The lowest BCUT2D eigenvalue weighted by atomic mass is 10.0. The molecule has 0 N–H and O–H groups in total. The van der Waals surface area contributed by atoms with Gasteiger partial charge in [0.1, 0.15) is 0 Å². The first-order valence-electron chi connectivity index (χ1n) is 8.71. The fourth-order valence-corrected chi connectivity index (χ4v) is 2.44. The Morgan fingerprint density at radius 1 is 1.12 bits per heavy atom. The van der Waals surface area contributed by atoms with Crippen LogP contribution in [0.5, 0.6) is 0 Å². The molecular weight excluding hydrogens is 296 g/mol. The number of morpholine rings is 1. The lowest BCUT2D eigenvalue weighted by Crippen LogP contribution is -2.36. The molecule has 24 heavy (non-hydrogen) atoms. The van der Waals surface area contributed by atoms with Crippen LogP contribution in [0.2, 0.25) is 0 Å². The molecule has 0 bridgehead atoms. The predicted molar refractivity (Wildman–Crippen MR) is 106 cm³/mol. The zero-order valence-corrected chi connectivity index (χ0v) is 15.7. The molecule has 0 aromatic heterocycles. The first-order valence-corrected chi connectivity index (χ1v) is 8.71. The molecular formula is C21H32N2O. The summed E-state index contributed by atoms with van der Waals surface area (Å²) in [7, 11) is 0. The highest BCUT2D eigenvalue weighted by atomic mass is 16.5. The number of ether oxygens (including phenoxy) is 1. The van der Waals surface area contributed by atoms with E-state index in [2.05, 4.69) is 75.1 Å². The summed E-state index contributed by atoms with van der Waals surface area (Å²) < 4.78 is 5.34. The highest BCUT2D eigenvalue weighted by Gasteiger charge is 2.10. The first-order chi connectivity index (χ1) is 11.5. The Kier molecular flexibility index (Phi) is 9.10. The number of hydrogen-bond acceptors (Lipinski definition) is 3. The highest BCUT2D eigenvalue weighted by molar-refractivity contribution is 5.48. The van der Waals surface area contributed by atoms with Gasteiger partial charge < -0.3 is 9.64 Å². The van der Waals surface area contributed by atoms with Crippen molar-refractivity contribution in [2.45, 2.75) is 33.6 Å². The maximum absolute atomic E-state index is 5.34. The van der Waals surface area contributed by atoms with Gasteiger partial charge in [-0.05, 0) is 42.3 Å². The van der Waals surface area contributed by atoms with Crippen molar-refractivity contribution in [3.63, 3.8) is 0 Å². The van der Waals surface area contributed by atoms with Crippen LogP contribution in [0, 0.1) is 5.92 Å². The van der Waals surface area contributed by atoms with E-state index in [1.54, 1.807) is 6.08 Å². The summed E-state index contributed by atoms with van der Waals surface area (Å²) in [6, 6.07) is 8.91. The molecule has 0 spiro atoms. The van der Waals surface area contributed by atoms with E-state index in [4.69, 9.17) is 4.74 Å². The van der Waals surface area contributed by atoms with Crippen molar-refractivity contribution < 1.29 is 4.74 Å². The second-order valence-corrected chi connectivity index (χ2v) is 6.49. The van der Waals surface area contributed by atoms with Crippen LogP contribution in [-0.4, -0.2) is 33.0 Å². The summed E-state index contributed by atoms with van der Waals surface area (Å²) in [5.74, 6) is 1.06. The van der Waals surface area contributed by atoms with Crippen LogP contribution in [0.25, 0.3) is 0 Å². The fourth-order valence-electron chi connectivity index (χ4n) is 2.44. The molecule has 1 aromatic rings. The smallest absolute Gasteiger partial charge is 0.0642 e. The summed E-state index contributed by atoms with van der Waals surface area (Å²) in [6.07, 6.45) is 3.60. The highest BCUT2D eigenvalue weighted by Crippen LogP contribution is 2.20. The summed E-state index contributed by atoms with van der Waals surface area (Å²) in [4.78, 5) is 6.20. The van der Waals surface area contributed by atoms with Gasteiger partial charge in [-0.15, -0.1) is 0 Å². The van der Waals surface area contributed by atoms with E-state index >= 15 is 0 Å². The predicted octanol–water partition coefficient (Wildman–Crippen LogP) is 5.06. The minimum absolute atomic E-state index is 0.445. The van der Waals surface area contributed by atoms with Crippen molar-refractivity contribution in [1.82, 2.24) is 0 Å². The molecule has 0 amide bonds. The molecule has 1 aliphatic heterocycles. The Balaban J connectivity index is 0.000000277. The zero-order chi connectivity index (χ0) is 17.9. The molecule has 1 aromatic carbocycles. The Labute approximate surface area is 147 Å². The summed E-state index contributed by atoms with van der Waals surface area (Å²) in [5, 5.41) is 0. The van der Waals surface area contributed by atoms with Gasteiger partial charge in [0.15, 0.2) is 0 Å². The third-order valence-corrected chi connectivity index (χ3v) is 4.00. The van der Waals surface area contributed by atoms with Crippen LogP contribution >= 0.6 is 0 Å². The van der Waals surface area contributed by atoms with Crippen molar-refractivity contribution in [3.05, 3.63) is 54.3 Å². The van der Waals surface area contributed by atoms with Gasteiger partial charge in [-0.1, -0.05) is 52.5 Å². The summed E-state index contributed by atoms with van der Waals surface area (Å²) >= 11 is 0. The number of anilines is 1. The third-order valence-electron chi connectivity index (χ3n) is 4.00. The summed E-state index contributed by atoms with van der Waals surface area (Å²) in [6.45, 7) is 19.3. The van der Waals surface area contributed by atoms with E-state index in [9.17, 15) is 0 Å². The SMILES string of the molecule is C=C/C=C(\N=C)C(C)C.CC(C)c1ccc(N2CCOCC2)cc1. The number of rotatable bonds is 5. The molecule has 1 heterocycles. The number of hydrogen-bond donors (Lipinski definition) is 0. The molecule has 0 unspecified atom stereocenters. The van der Waals surface area contributed by atoms with Crippen LogP contribution in [-0.2, 0) is 4.74 Å². The monoisotopic (exact) mass is 328 g/mol. The molecule has 3 nitrogen and oxygen atoms in total. The van der Waals surface area contributed by atoms with Crippen LogP contribution in [0.3, 0.4) is 0 Å². The van der Waals surface area contributed by atoms with E-state index in [1.165, 1.54) is 11.3 Å². The lowest BCUT2D eigenvalue weighted by molar-refractivity contribution is 0.122. The van der Waals surface area contributed by atoms with Gasteiger partial charge in [0.2, 0.25) is 0 Å². The normalized spacial score (nSPS) is 15.1.